The first kappa shape index (κ1) is 58.0. The standard InChI is InChI=1S/C50H91NO10/c1-8-13-18-19-26-36-57-45(52)32-24-25-33-46(53)58-39-50(40-59-47(54)34-27-35-51(6)7,41-60-48(55)37-43(28-20-14-9-2)29-21-15-10-3)42-61-49(56)38-44(30-22-16-11-4)31-23-17-12-5/h13,18,43-44H,8-12,14-17,19-42H2,1-7H3/b18-13-. The van der Waals surface area contributed by atoms with Crippen molar-refractivity contribution in [3.63, 3.8) is 0 Å². The Balaban J connectivity index is 6.09. The van der Waals surface area contributed by atoms with E-state index in [0.29, 0.717) is 32.4 Å². The molecule has 0 saturated carbocycles. The highest BCUT2D eigenvalue weighted by Gasteiger charge is 2.38. The third kappa shape index (κ3) is 35.2. The Bertz CT molecular complexity index is 1090. The van der Waals surface area contributed by atoms with E-state index in [0.717, 1.165) is 122 Å². The molecule has 61 heavy (non-hydrogen) atoms. The summed E-state index contributed by atoms with van der Waals surface area (Å²) in [6.45, 7) is 10.8. The van der Waals surface area contributed by atoms with Crippen LogP contribution < -0.4 is 0 Å². The van der Waals surface area contributed by atoms with E-state index >= 15 is 0 Å². The van der Waals surface area contributed by atoms with Crippen molar-refractivity contribution in [2.45, 2.75) is 208 Å². The van der Waals surface area contributed by atoms with E-state index in [1.165, 1.54) is 0 Å². The molecule has 0 aromatic rings. The number of rotatable bonds is 42. The second-order valence-corrected chi connectivity index (χ2v) is 17.6. The van der Waals surface area contributed by atoms with Gasteiger partial charge in [0.25, 0.3) is 0 Å². The van der Waals surface area contributed by atoms with E-state index in [1.807, 2.05) is 19.0 Å². The average Bonchev–Trinajstić information content (AvgIpc) is 3.23. The molecule has 0 aliphatic heterocycles. The zero-order chi connectivity index (χ0) is 45.4. The average molecular weight is 866 g/mol. The number of carbonyl (C=O) groups excluding carboxylic acids is 5. The maximum Gasteiger partial charge on any atom is 0.306 e. The number of esters is 5. The van der Waals surface area contributed by atoms with Gasteiger partial charge in [-0.25, -0.2) is 0 Å². The molecule has 0 fully saturated rings. The molecule has 0 aliphatic carbocycles. The number of hydrogen-bond acceptors (Lipinski definition) is 11. The van der Waals surface area contributed by atoms with Gasteiger partial charge in [0.05, 0.1) is 6.61 Å². The molecule has 356 valence electrons. The minimum atomic E-state index is -1.31. The van der Waals surface area contributed by atoms with Crippen molar-refractivity contribution in [2.24, 2.45) is 17.3 Å². The van der Waals surface area contributed by atoms with Crippen LogP contribution in [0.1, 0.15) is 208 Å². The molecule has 0 aromatic heterocycles. The molecule has 0 aliphatic rings. The lowest BCUT2D eigenvalue weighted by molar-refractivity contribution is -0.171. The molecule has 0 N–H and O–H groups in total. The Morgan fingerprint density at radius 2 is 0.836 bits per heavy atom. The highest BCUT2D eigenvalue weighted by Crippen LogP contribution is 2.27. The van der Waals surface area contributed by atoms with E-state index in [1.54, 1.807) is 0 Å². The largest absolute Gasteiger partial charge is 0.466 e. The molecule has 11 nitrogen and oxygen atoms in total. The van der Waals surface area contributed by atoms with Crippen molar-refractivity contribution in [1.29, 1.82) is 0 Å². The minimum absolute atomic E-state index is 0.0590. The summed E-state index contributed by atoms with van der Waals surface area (Å²) >= 11 is 0. The molecule has 0 bridgehead atoms. The molecule has 0 amide bonds. The predicted octanol–water partition coefficient (Wildman–Crippen LogP) is 11.7. The van der Waals surface area contributed by atoms with Crippen molar-refractivity contribution in [3.8, 4) is 0 Å². The van der Waals surface area contributed by atoms with Gasteiger partial charge in [0, 0.05) is 32.1 Å². The van der Waals surface area contributed by atoms with Gasteiger partial charge in [-0.3, -0.25) is 24.0 Å². The predicted molar refractivity (Wildman–Crippen MR) is 245 cm³/mol. The first-order valence-electron chi connectivity index (χ1n) is 24.5. The SMILES string of the molecule is CC/C=C\CCCOC(=O)CCCCC(=O)OCC(COC(=O)CCCN(C)C)(COC(=O)CC(CCCCC)CCCCC)COC(=O)CC(CCCCC)CCCCC. The van der Waals surface area contributed by atoms with Crippen LogP contribution in [0.4, 0.5) is 0 Å². The lowest BCUT2D eigenvalue weighted by Gasteiger charge is -2.32. The number of ether oxygens (including phenoxy) is 5. The van der Waals surface area contributed by atoms with Gasteiger partial charge in [0.15, 0.2) is 0 Å². The van der Waals surface area contributed by atoms with Crippen LogP contribution in [-0.2, 0) is 47.7 Å². The van der Waals surface area contributed by atoms with E-state index in [9.17, 15) is 24.0 Å². The van der Waals surface area contributed by atoms with Crippen LogP contribution >= 0.6 is 0 Å². The summed E-state index contributed by atoms with van der Waals surface area (Å²) in [4.78, 5) is 67.5. The molecule has 0 aromatic carbocycles. The second kappa shape index (κ2) is 39.9. The Labute approximate surface area is 372 Å². The smallest absolute Gasteiger partial charge is 0.306 e. The van der Waals surface area contributed by atoms with Gasteiger partial charge in [-0.1, -0.05) is 124 Å². The number of allylic oxidation sites excluding steroid dienone is 2. The summed E-state index contributed by atoms with van der Waals surface area (Å²) in [5.74, 6) is -1.57. The van der Waals surface area contributed by atoms with Gasteiger partial charge < -0.3 is 28.6 Å². The summed E-state index contributed by atoms with van der Waals surface area (Å²) in [7, 11) is 3.87. The topological polar surface area (TPSA) is 135 Å². The Kier molecular flexibility index (Phi) is 37.9. The first-order chi connectivity index (χ1) is 29.4. The van der Waals surface area contributed by atoms with Crippen LogP contribution in [0.5, 0.6) is 0 Å². The van der Waals surface area contributed by atoms with E-state index in [-0.39, 0.29) is 88.3 Å². The number of nitrogens with zero attached hydrogens (tertiary/aromatic N) is 1. The summed E-state index contributed by atoms with van der Waals surface area (Å²) in [6, 6.07) is 0. The summed E-state index contributed by atoms with van der Waals surface area (Å²) in [6.07, 6.45) is 26.1. The zero-order valence-electron chi connectivity index (χ0n) is 40.2. The Morgan fingerprint density at radius 1 is 0.459 bits per heavy atom. The summed E-state index contributed by atoms with van der Waals surface area (Å²) in [5, 5.41) is 0. The number of unbranched alkanes of at least 4 members (excludes halogenated alkanes) is 10. The highest BCUT2D eigenvalue weighted by molar-refractivity contribution is 5.72. The Hall–Kier alpha value is -2.95. The van der Waals surface area contributed by atoms with Crippen molar-refractivity contribution < 1.29 is 47.7 Å². The van der Waals surface area contributed by atoms with Gasteiger partial charge in [-0.2, -0.15) is 0 Å². The molecule has 0 atom stereocenters. The molecule has 0 rings (SSSR count). The summed E-state index contributed by atoms with van der Waals surface area (Å²) < 4.78 is 28.9. The second-order valence-electron chi connectivity index (χ2n) is 17.6. The van der Waals surface area contributed by atoms with Crippen LogP contribution in [0.3, 0.4) is 0 Å². The fourth-order valence-electron chi connectivity index (χ4n) is 7.17. The van der Waals surface area contributed by atoms with Crippen LogP contribution in [0.2, 0.25) is 0 Å². The molecule has 0 saturated heterocycles. The van der Waals surface area contributed by atoms with Crippen molar-refractivity contribution in [1.82, 2.24) is 4.90 Å². The fraction of sp³-hybridized carbons (Fsp3) is 0.860. The number of hydrogen-bond donors (Lipinski definition) is 0. The lowest BCUT2D eigenvalue weighted by atomic mass is 9.90. The monoisotopic (exact) mass is 866 g/mol. The van der Waals surface area contributed by atoms with Crippen LogP contribution in [0, 0.1) is 17.3 Å². The van der Waals surface area contributed by atoms with E-state index < -0.39 is 17.4 Å². The van der Waals surface area contributed by atoms with Gasteiger partial charge >= 0.3 is 29.8 Å². The van der Waals surface area contributed by atoms with E-state index in [4.69, 9.17) is 23.7 Å². The maximum atomic E-state index is 13.5. The molecular formula is C50H91NO10. The summed E-state index contributed by atoms with van der Waals surface area (Å²) in [5.41, 5.74) is -1.31. The molecule has 0 heterocycles. The molecular weight excluding hydrogens is 775 g/mol. The van der Waals surface area contributed by atoms with E-state index in [2.05, 4.69) is 46.8 Å². The number of carbonyl (C=O) groups is 5. The van der Waals surface area contributed by atoms with Crippen LogP contribution in [-0.4, -0.2) is 88.4 Å². The lowest BCUT2D eigenvalue weighted by Crippen LogP contribution is -2.44. The van der Waals surface area contributed by atoms with Gasteiger partial charge in [-0.05, 0) is 96.7 Å². The van der Waals surface area contributed by atoms with Gasteiger partial charge in [0.1, 0.15) is 31.8 Å². The first-order valence-corrected chi connectivity index (χ1v) is 24.5. The van der Waals surface area contributed by atoms with Crippen molar-refractivity contribution in [2.75, 3.05) is 53.7 Å². The van der Waals surface area contributed by atoms with Gasteiger partial charge in [-0.15, -0.1) is 0 Å². The van der Waals surface area contributed by atoms with Crippen LogP contribution in [0.25, 0.3) is 0 Å². The third-order valence-corrected chi connectivity index (χ3v) is 11.1. The zero-order valence-corrected chi connectivity index (χ0v) is 40.2. The molecule has 0 unspecified atom stereocenters. The maximum absolute atomic E-state index is 13.5. The van der Waals surface area contributed by atoms with Crippen LogP contribution in [0.15, 0.2) is 12.2 Å². The molecule has 0 spiro atoms. The van der Waals surface area contributed by atoms with Crippen molar-refractivity contribution in [3.05, 3.63) is 12.2 Å². The van der Waals surface area contributed by atoms with Crippen molar-refractivity contribution >= 4 is 29.8 Å². The highest BCUT2D eigenvalue weighted by atomic mass is 16.6. The minimum Gasteiger partial charge on any atom is -0.466 e. The third-order valence-electron chi connectivity index (χ3n) is 11.1. The molecule has 11 heteroatoms. The Morgan fingerprint density at radius 3 is 1.21 bits per heavy atom. The van der Waals surface area contributed by atoms with Gasteiger partial charge in [0.2, 0.25) is 0 Å². The molecule has 0 radical (unpaired) electrons. The quantitative estimate of drug-likeness (QED) is 0.0251. The fourth-order valence-corrected chi connectivity index (χ4v) is 7.17. The normalized spacial score (nSPS) is 11.8.